The van der Waals surface area contributed by atoms with Gasteiger partial charge in [-0.2, -0.15) is 0 Å². The van der Waals surface area contributed by atoms with Crippen LogP contribution in [0.25, 0.3) is 0 Å². The van der Waals surface area contributed by atoms with Crippen LogP contribution in [0.1, 0.15) is 68.2 Å². The van der Waals surface area contributed by atoms with Crippen molar-refractivity contribution in [3.05, 3.63) is 29.9 Å². The normalized spacial score (nSPS) is 20.0. The van der Waals surface area contributed by atoms with Crippen LogP contribution in [0.15, 0.2) is 24.8 Å². The molecular formula is C34H55ClN6O10. The zero-order chi connectivity index (χ0) is 38.2. The average Bonchev–Trinajstić information content (AvgIpc) is 3.58. The molecule has 2 saturated heterocycles. The monoisotopic (exact) mass is 742 g/mol. The van der Waals surface area contributed by atoms with E-state index in [0.29, 0.717) is 62.1 Å². The minimum Gasteiger partial charge on any atom is -0.475 e. The van der Waals surface area contributed by atoms with Crippen molar-refractivity contribution in [1.29, 1.82) is 0 Å². The number of ether oxygens (including phenoxy) is 7. The molecule has 0 aromatic carbocycles. The lowest BCUT2D eigenvalue weighted by Crippen LogP contribution is -2.39. The summed E-state index contributed by atoms with van der Waals surface area (Å²) in [5.74, 6) is 1.26. The number of amides is 2. The molecule has 2 aromatic rings. The SMILES string of the molecule is COCCO.COCCOc1cc(O[C@@H]2C[C@H](C)N(C(=O)OC(C)(C)C)C2)ncn1.C[C@H]1C[C@@H](Oc2cc(Cl)ncn2)CN1C(=O)OC(C)(C)C. The van der Waals surface area contributed by atoms with Crippen LogP contribution in [0, 0.1) is 0 Å². The largest absolute Gasteiger partial charge is 0.475 e. The second-order valence-electron chi connectivity index (χ2n) is 13.8. The third-order valence-corrected chi connectivity index (χ3v) is 7.17. The van der Waals surface area contributed by atoms with Crippen LogP contribution < -0.4 is 14.2 Å². The van der Waals surface area contributed by atoms with Crippen molar-refractivity contribution in [2.75, 3.05) is 53.7 Å². The molecule has 4 atom stereocenters. The number of hydrogen-bond acceptors (Lipinski definition) is 14. The van der Waals surface area contributed by atoms with Gasteiger partial charge in [0.25, 0.3) is 0 Å². The molecule has 2 aliphatic heterocycles. The molecule has 51 heavy (non-hydrogen) atoms. The number of carbonyl (C=O) groups excluding carboxylic acids is 2. The van der Waals surface area contributed by atoms with Crippen molar-refractivity contribution >= 4 is 23.8 Å². The van der Waals surface area contributed by atoms with Crippen molar-refractivity contribution in [2.24, 2.45) is 0 Å². The molecule has 0 saturated carbocycles. The van der Waals surface area contributed by atoms with Crippen LogP contribution in [0.2, 0.25) is 5.15 Å². The molecule has 17 heteroatoms. The summed E-state index contributed by atoms with van der Waals surface area (Å²) in [6, 6.07) is 3.29. The predicted molar refractivity (Wildman–Crippen MR) is 188 cm³/mol. The van der Waals surface area contributed by atoms with Gasteiger partial charge in [-0.05, 0) is 55.4 Å². The zero-order valence-electron chi connectivity index (χ0n) is 31.5. The summed E-state index contributed by atoms with van der Waals surface area (Å²) >= 11 is 5.80. The smallest absolute Gasteiger partial charge is 0.410 e. The van der Waals surface area contributed by atoms with Crippen LogP contribution in [-0.4, -0.2) is 136 Å². The third-order valence-electron chi connectivity index (χ3n) is 6.96. The maximum atomic E-state index is 12.3. The van der Waals surface area contributed by atoms with E-state index in [1.165, 1.54) is 12.7 Å². The van der Waals surface area contributed by atoms with E-state index in [9.17, 15) is 9.59 Å². The number of aliphatic hydroxyl groups is 1. The molecule has 0 bridgehead atoms. The second-order valence-corrected chi connectivity index (χ2v) is 14.2. The number of carbonyl (C=O) groups is 2. The summed E-state index contributed by atoms with van der Waals surface area (Å²) in [5, 5.41) is 8.27. The van der Waals surface area contributed by atoms with Gasteiger partial charge in [0.15, 0.2) is 0 Å². The molecule has 0 aliphatic carbocycles. The minimum atomic E-state index is -0.517. The molecule has 4 heterocycles. The molecule has 1 N–H and O–H groups in total. The summed E-state index contributed by atoms with van der Waals surface area (Å²) < 4.78 is 37.3. The van der Waals surface area contributed by atoms with Crippen LogP contribution in [-0.2, 0) is 18.9 Å². The quantitative estimate of drug-likeness (QED) is 0.259. The van der Waals surface area contributed by atoms with Crippen molar-refractivity contribution < 1.29 is 47.9 Å². The van der Waals surface area contributed by atoms with Gasteiger partial charge in [0.1, 0.15) is 47.8 Å². The Kier molecular flexibility index (Phi) is 17.8. The van der Waals surface area contributed by atoms with Gasteiger partial charge in [0, 0.05) is 45.2 Å². The number of halogens is 1. The van der Waals surface area contributed by atoms with E-state index in [-0.39, 0.29) is 43.1 Å². The fraction of sp³-hybridized carbons (Fsp3) is 0.706. The van der Waals surface area contributed by atoms with Gasteiger partial charge < -0.3 is 48.1 Å². The Balaban J connectivity index is 0.000000316. The van der Waals surface area contributed by atoms with E-state index in [4.69, 9.17) is 45.1 Å². The van der Waals surface area contributed by atoms with Gasteiger partial charge in [-0.25, -0.2) is 29.5 Å². The van der Waals surface area contributed by atoms with E-state index in [1.54, 1.807) is 36.2 Å². The lowest BCUT2D eigenvalue weighted by molar-refractivity contribution is 0.0213. The fourth-order valence-electron chi connectivity index (χ4n) is 4.79. The first-order valence-electron chi connectivity index (χ1n) is 16.8. The number of hydrogen-bond donors (Lipinski definition) is 1. The van der Waals surface area contributed by atoms with Gasteiger partial charge in [-0.15, -0.1) is 0 Å². The van der Waals surface area contributed by atoms with Crippen molar-refractivity contribution in [3.8, 4) is 17.6 Å². The maximum absolute atomic E-state index is 12.3. The molecule has 2 aromatic heterocycles. The number of rotatable bonds is 10. The lowest BCUT2D eigenvalue weighted by atomic mass is 10.2. The number of likely N-dealkylation sites (tertiary alicyclic amines) is 2. The van der Waals surface area contributed by atoms with Crippen LogP contribution in [0.4, 0.5) is 9.59 Å². The molecule has 2 aliphatic rings. The Bertz CT molecular complexity index is 1340. The topological polar surface area (TPSA) is 177 Å². The highest BCUT2D eigenvalue weighted by molar-refractivity contribution is 6.29. The van der Waals surface area contributed by atoms with Crippen molar-refractivity contribution in [1.82, 2.24) is 29.7 Å². The summed E-state index contributed by atoms with van der Waals surface area (Å²) in [6.07, 6.45) is 3.26. The summed E-state index contributed by atoms with van der Waals surface area (Å²) in [5.41, 5.74) is -1.02. The van der Waals surface area contributed by atoms with E-state index in [2.05, 4.69) is 24.7 Å². The molecule has 288 valence electrons. The maximum Gasteiger partial charge on any atom is 0.410 e. The molecule has 0 spiro atoms. The standard InChI is InChI=1S/C17H27N3O5.C14H20ClN3O3.C3H8O2/c1-12-8-13(10-20(12)16(21)25-17(2,3)4)24-15-9-14(18-11-19-15)23-7-6-22-5;1-9-5-10(20-12-6-11(15)16-8-17-12)7-18(9)13(19)21-14(2,3)4;1-5-3-2-4/h9,11-13H,6-8,10H2,1-5H3;6,8-10H,5,7H2,1-4H3;4H,2-3H2,1H3/t12-,13+;9-,10+;/m00./s1. The van der Waals surface area contributed by atoms with Crippen LogP contribution in [0.3, 0.4) is 0 Å². The van der Waals surface area contributed by atoms with Gasteiger partial charge in [0.05, 0.1) is 39.0 Å². The highest BCUT2D eigenvalue weighted by Crippen LogP contribution is 2.26. The van der Waals surface area contributed by atoms with Crippen LogP contribution in [0.5, 0.6) is 17.6 Å². The second kappa shape index (κ2) is 21.0. The van der Waals surface area contributed by atoms with Crippen LogP contribution >= 0.6 is 11.6 Å². The summed E-state index contributed by atoms with van der Waals surface area (Å²) in [6.45, 7) is 17.4. The Labute approximate surface area is 306 Å². The highest BCUT2D eigenvalue weighted by Gasteiger charge is 2.37. The van der Waals surface area contributed by atoms with Gasteiger partial charge in [0.2, 0.25) is 17.6 Å². The molecule has 2 amide bonds. The number of methoxy groups -OCH3 is 2. The van der Waals surface area contributed by atoms with Gasteiger partial charge in [-0.3, -0.25) is 0 Å². The number of aromatic nitrogens is 4. The Morgan fingerprint density at radius 1 is 0.745 bits per heavy atom. The Hall–Kier alpha value is -3.73. The average molecular weight is 743 g/mol. The van der Waals surface area contributed by atoms with Gasteiger partial charge in [-0.1, -0.05) is 11.6 Å². The molecule has 0 unspecified atom stereocenters. The van der Waals surface area contributed by atoms with Gasteiger partial charge >= 0.3 is 12.2 Å². The van der Waals surface area contributed by atoms with Crippen molar-refractivity contribution in [2.45, 2.75) is 104 Å². The molecule has 4 rings (SSSR count). The fourth-order valence-corrected chi connectivity index (χ4v) is 4.93. The zero-order valence-corrected chi connectivity index (χ0v) is 32.2. The lowest BCUT2D eigenvalue weighted by Gasteiger charge is -2.26. The first-order valence-corrected chi connectivity index (χ1v) is 17.2. The van der Waals surface area contributed by atoms with E-state index in [1.807, 2.05) is 55.4 Å². The van der Waals surface area contributed by atoms with Crippen molar-refractivity contribution in [3.63, 3.8) is 0 Å². The number of aliphatic hydroxyl groups excluding tert-OH is 1. The first kappa shape index (κ1) is 43.4. The van der Waals surface area contributed by atoms with E-state index >= 15 is 0 Å². The Morgan fingerprint density at radius 3 is 1.61 bits per heavy atom. The number of nitrogens with zero attached hydrogens (tertiary/aromatic N) is 6. The molecule has 0 radical (unpaired) electrons. The first-order chi connectivity index (χ1) is 23.9. The summed E-state index contributed by atoms with van der Waals surface area (Å²) in [4.78, 5) is 43.7. The molecule has 2 fully saturated rings. The molecular weight excluding hydrogens is 688 g/mol. The summed E-state index contributed by atoms with van der Waals surface area (Å²) in [7, 11) is 3.16. The molecule has 16 nitrogen and oxygen atoms in total. The third kappa shape index (κ3) is 16.9. The highest BCUT2D eigenvalue weighted by atomic mass is 35.5. The van der Waals surface area contributed by atoms with E-state index < -0.39 is 11.2 Å². The minimum absolute atomic E-state index is 0.0408. The predicted octanol–water partition coefficient (Wildman–Crippen LogP) is 4.81. The Morgan fingerprint density at radius 2 is 1.20 bits per heavy atom. The van der Waals surface area contributed by atoms with E-state index in [0.717, 1.165) is 6.42 Å².